The summed E-state index contributed by atoms with van der Waals surface area (Å²) in [7, 11) is 0. The van der Waals surface area contributed by atoms with E-state index in [1.165, 1.54) is 71.8 Å². The molecule has 3 aromatic rings. The van der Waals surface area contributed by atoms with Crippen LogP contribution < -0.4 is 4.74 Å². The van der Waals surface area contributed by atoms with Crippen molar-refractivity contribution in [3.63, 3.8) is 0 Å². The van der Waals surface area contributed by atoms with Gasteiger partial charge in [0.25, 0.3) is 0 Å². The summed E-state index contributed by atoms with van der Waals surface area (Å²) in [6.45, 7) is 4.19. The van der Waals surface area contributed by atoms with E-state index in [1.54, 1.807) is 0 Å². The first-order chi connectivity index (χ1) is 18.7. The minimum absolute atomic E-state index is 0.159. The molecule has 0 radical (unpaired) electrons. The lowest BCUT2D eigenvalue weighted by Gasteiger charge is -2.13. The Kier molecular flexibility index (Phi) is 15.4. The Bertz CT molecular complexity index is 1100. The van der Waals surface area contributed by atoms with Crippen molar-refractivity contribution in [1.29, 1.82) is 0 Å². The van der Waals surface area contributed by atoms with Crippen LogP contribution in [0.15, 0.2) is 71.6 Å². The third-order valence-corrected chi connectivity index (χ3v) is 7.74. The summed E-state index contributed by atoms with van der Waals surface area (Å²) >= 11 is 4.76. The number of unbranched alkanes of at least 4 members (excludes halogenated alkanes) is 4. The van der Waals surface area contributed by atoms with Crippen LogP contribution >= 0.6 is 27.7 Å². The summed E-state index contributed by atoms with van der Waals surface area (Å²) in [4.78, 5) is 11.2. The molecular formula is C32H38BrF3O2S. The molecule has 0 fully saturated rings. The van der Waals surface area contributed by atoms with Gasteiger partial charge in [0.15, 0.2) is 0 Å². The van der Waals surface area contributed by atoms with Crippen LogP contribution in [0.4, 0.5) is 13.2 Å². The minimum atomic E-state index is -4.77. The first-order valence-corrected chi connectivity index (χ1v) is 15.5. The number of rotatable bonds is 14. The standard InChI is InChI=1S/C20H21F3O2S.C12H17Br/c1-15-6-8-16(9-7-15)5-3-2-4-12-26-19-11-10-17(14-24)13-18(19)25-20(21,22)23;1-11-6-8-12(9-7-11)5-3-2-4-10-13/h6-11,13-14H,2-5,12H2,1H3;6-9H,2-5,10H2,1H3. The fourth-order valence-electron chi connectivity index (χ4n) is 3.82. The summed E-state index contributed by atoms with van der Waals surface area (Å²) in [5, 5.41) is 1.14. The lowest BCUT2D eigenvalue weighted by molar-refractivity contribution is -0.275. The Morgan fingerprint density at radius 2 is 1.31 bits per heavy atom. The lowest BCUT2D eigenvalue weighted by Crippen LogP contribution is -2.17. The van der Waals surface area contributed by atoms with Crippen LogP contribution in [0.3, 0.4) is 0 Å². The van der Waals surface area contributed by atoms with Gasteiger partial charge in [-0.1, -0.05) is 94.5 Å². The van der Waals surface area contributed by atoms with E-state index in [0.717, 1.165) is 37.1 Å². The Labute approximate surface area is 243 Å². The minimum Gasteiger partial charge on any atom is -0.405 e. The van der Waals surface area contributed by atoms with E-state index in [9.17, 15) is 18.0 Å². The van der Waals surface area contributed by atoms with Crippen LogP contribution in [-0.2, 0) is 12.8 Å². The Morgan fingerprint density at radius 1 is 0.769 bits per heavy atom. The molecule has 7 heteroatoms. The predicted molar refractivity (Wildman–Crippen MR) is 160 cm³/mol. The number of aldehydes is 1. The van der Waals surface area contributed by atoms with Gasteiger partial charge in [-0.05, 0) is 81.4 Å². The van der Waals surface area contributed by atoms with E-state index >= 15 is 0 Å². The lowest BCUT2D eigenvalue weighted by atomic mass is 10.1. The largest absolute Gasteiger partial charge is 0.573 e. The second-order valence-electron chi connectivity index (χ2n) is 9.50. The smallest absolute Gasteiger partial charge is 0.405 e. The van der Waals surface area contributed by atoms with Gasteiger partial charge >= 0.3 is 6.36 Å². The van der Waals surface area contributed by atoms with Crippen LogP contribution in [0.25, 0.3) is 0 Å². The van der Waals surface area contributed by atoms with Gasteiger partial charge in [-0.3, -0.25) is 4.79 Å². The van der Waals surface area contributed by atoms with Crippen LogP contribution in [0.5, 0.6) is 5.75 Å². The number of ether oxygens (including phenoxy) is 1. The highest BCUT2D eigenvalue weighted by molar-refractivity contribution is 9.09. The van der Waals surface area contributed by atoms with E-state index in [1.807, 2.05) is 0 Å². The summed E-state index contributed by atoms with van der Waals surface area (Å²) < 4.78 is 41.6. The Hall–Kier alpha value is -2.25. The number of carbonyl (C=O) groups is 1. The highest BCUT2D eigenvalue weighted by Gasteiger charge is 2.32. The van der Waals surface area contributed by atoms with Crippen molar-refractivity contribution >= 4 is 34.0 Å². The number of carbonyl (C=O) groups excluding carboxylic acids is 1. The topological polar surface area (TPSA) is 26.3 Å². The van der Waals surface area contributed by atoms with Gasteiger partial charge in [0.05, 0.1) is 0 Å². The zero-order chi connectivity index (χ0) is 28.5. The molecule has 0 heterocycles. The first-order valence-electron chi connectivity index (χ1n) is 13.3. The Morgan fingerprint density at radius 3 is 1.79 bits per heavy atom. The van der Waals surface area contributed by atoms with Gasteiger partial charge in [-0.25, -0.2) is 0 Å². The molecule has 3 aromatic carbocycles. The second kappa shape index (κ2) is 18.2. The molecule has 0 spiro atoms. The molecule has 0 aliphatic rings. The summed E-state index contributed by atoms with van der Waals surface area (Å²) in [6.07, 6.45) is 4.85. The molecule has 39 heavy (non-hydrogen) atoms. The van der Waals surface area contributed by atoms with Crippen molar-refractivity contribution in [2.75, 3.05) is 11.1 Å². The molecule has 0 aliphatic carbocycles. The van der Waals surface area contributed by atoms with Gasteiger partial charge < -0.3 is 4.74 Å². The van der Waals surface area contributed by atoms with E-state index in [2.05, 4.69) is 83.0 Å². The normalized spacial score (nSPS) is 11.0. The molecule has 0 unspecified atom stereocenters. The fourth-order valence-corrected chi connectivity index (χ4v) is 5.19. The number of halogens is 4. The average molecular weight is 624 g/mol. The molecule has 3 rings (SSSR count). The van der Waals surface area contributed by atoms with E-state index < -0.39 is 6.36 Å². The molecule has 0 aliphatic heterocycles. The quantitative estimate of drug-likeness (QED) is 0.0774. The Balaban J connectivity index is 0.000000344. The van der Waals surface area contributed by atoms with Crippen molar-refractivity contribution in [3.05, 3.63) is 94.5 Å². The number of thioether (sulfide) groups is 1. The summed E-state index contributed by atoms with van der Waals surface area (Å²) in [5.41, 5.74) is 5.52. The van der Waals surface area contributed by atoms with Gasteiger partial charge in [0.2, 0.25) is 0 Å². The molecule has 0 amide bonds. The maximum absolute atomic E-state index is 12.5. The molecule has 0 N–H and O–H groups in total. The molecule has 0 aromatic heterocycles. The highest BCUT2D eigenvalue weighted by Crippen LogP contribution is 2.34. The maximum atomic E-state index is 12.5. The molecule has 212 valence electrons. The zero-order valence-corrected chi connectivity index (χ0v) is 25.1. The predicted octanol–water partition coefficient (Wildman–Crippen LogP) is 10.3. The molecule has 2 nitrogen and oxygen atoms in total. The van der Waals surface area contributed by atoms with Gasteiger partial charge in [-0.2, -0.15) is 0 Å². The molecule has 0 atom stereocenters. The monoisotopic (exact) mass is 622 g/mol. The molecule has 0 saturated heterocycles. The van der Waals surface area contributed by atoms with Crippen molar-refractivity contribution < 1.29 is 22.7 Å². The van der Waals surface area contributed by atoms with Crippen molar-refractivity contribution in [2.24, 2.45) is 0 Å². The van der Waals surface area contributed by atoms with E-state index in [0.29, 0.717) is 16.9 Å². The SMILES string of the molecule is Cc1ccc(CCCCCBr)cc1.Cc1ccc(CCCCCSc2ccc(C=O)cc2OC(F)(F)F)cc1. The highest BCUT2D eigenvalue weighted by atomic mass is 79.9. The van der Waals surface area contributed by atoms with E-state index in [4.69, 9.17) is 0 Å². The van der Waals surface area contributed by atoms with Crippen molar-refractivity contribution in [2.45, 2.75) is 76.5 Å². The average Bonchev–Trinajstić information content (AvgIpc) is 2.91. The van der Waals surface area contributed by atoms with Gasteiger partial charge in [-0.15, -0.1) is 24.9 Å². The molecular weight excluding hydrogens is 585 g/mol. The fraction of sp³-hybridized carbons (Fsp3) is 0.406. The number of alkyl halides is 4. The van der Waals surface area contributed by atoms with Crippen molar-refractivity contribution in [3.8, 4) is 5.75 Å². The van der Waals surface area contributed by atoms with Gasteiger partial charge in [0, 0.05) is 15.8 Å². The maximum Gasteiger partial charge on any atom is 0.573 e. The second-order valence-corrected chi connectivity index (χ2v) is 11.4. The van der Waals surface area contributed by atoms with E-state index in [-0.39, 0.29) is 11.3 Å². The summed E-state index contributed by atoms with van der Waals surface area (Å²) in [6, 6.07) is 21.4. The van der Waals surface area contributed by atoms with Crippen molar-refractivity contribution in [1.82, 2.24) is 0 Å². The van der Waals surface area contributed by atoms with Gasteiger partial charge in [0.1, 0.15) is 12.0 Å². The number of hydrogen-bond acceptors (Lipinski definition) is 3. The molecule has 0 bridgehead atoms. The first kappa shape index (κ1) is 33.0. The molecule has 0 saturated carbocycles. The summed E-state index contributed by atoms with van der Waals surface area (Å²) in [5.74, 6) is 0.384. The van der Waals surface area contributed by atoms with Crippen LogP contribution in [-0.4, -0.2) is 23.7 Å². The van der Waals surface area contributed by atoms with Crippen LogP contribution in [0.2, 0.25) is 0 Å². The number of hydrogen-bond donors (Lipinski definition) is 0. The van der Waals surface area contributed by atoms with Crippen LogP contribution in [0.1, 0.15) is 71.1 Å². The third-order valence-electron chi connectivity index (χ3n) is 6.04. The number of aryl methyl sites for hydroxylation is 4. The number of benzene rings is 3. The van der Waals surface area contributed by atoms with Crippen LogP contribution in [0, 0.1) is 13.8 Å². The zero-order valence-electron chi connectivity index (χ0n) is 22.7. The third kappa shape index (κ3) is 14.6.